The largest absolute Gasteiger partial charge is 0.497 e. The molecule has 1 fully saturated rings. The van der Waals surface area contributed by atoms with Gasteiger partial charge < -0.3 is 15.0 Å². The van der Waals surface area contributed by atoms with Crippen molar-refractivity contribution in [1.29, 1.82) is 0 Å². The van der Waals surface area contributed by atoms with Crippen LogP contribution in [0.2, 0.25) is 0 Å². The Morgan fingerprint density at radius 3 is 2.93 bits per heavy atom. The molecular formula is C20H24FN5O3. The quantitative estimate of drug-likeness (QED) is 0.744. The van der Waals surface area contributed by atoms with Crippen molar-refractivity contribution in [1.82, 2.24) is 25.1 Å². The molecule has 1 saturated heterocycles. The predicted molar refractivity (Wildman–Crippen MR) is 103 cm³/mol. The third kappa shape index (κ3) is 5.26. The Bertz CT molecular complexity index is 864. The Morgan fingerprint density at radius 1 is 1.41 bits per heavy atom. The van der Waals surface area contributed by atoms with Crippen LogP contribution in [-0.2, 0) is 22.7 Å². The molecule has 0 spiro atoms. The zero-order chi connectivity index (χ0) is 20.8. The Balaban J connectivity index is 1.68. The van der Waals surface area contributed by atoms with Gasteiger partial charge in [0.15, 0.2) is 0 Å². The summed E-state index contributed by atoms with van der Waals surface area (Å²) in [4.78, 5) is 36.6. The second-order valence-electron chi connectivity index (χ2n) is 6.89. The van der Waals surface area contributed by atoms with E-state index < -0.39 is 11.9 Å². The minimum absolute atomic E-state index is 0.000366. The summed E-state index contributed by atoms with van der Waals surface area (Å²) < 4.78 is 19.4. The summed E-state index contributed by atoms with van der Waals surface area (Å²) in [6.07, 6.45) is 4.72. The van der Waals surface area contributed by atoms with Crippen LogP contribution < -0.4 is 10.1 Å². The van der Waals surface area contributed by atoms with Crippen molar-refractivity contribution in [2.75, 3.05) is 27.2 Å². The first kappa shape index (κ1) is 20.7. The van der Waals surface area contributed by atoms with Crippen molar-refractivity contribution in [3.8, 4) is 5.75 Å². The molecule has 0 unspecified atom stereocenters. The Labute approximate surface area is 168 Å². The summed E-state index contributed by atoms with van der Waals surface area (Å²) in [7, 11) is 3.13. The van der Waals surface area contributed by atoms with Gasteiger partial charge in [-0.05, 0) is 6.07 Å². The first-order valence-corrected chi connectivity index (χ1v) is 9.31. The topological polar surface area (TPSA) is 87.7 Å². The lowest BCUT2D eigenvalue weighted by molar-refractivity contribution is -0.138. The number of methoxy groups -OCH3 is 1. The van der Waals surface area contributed by atoms with E-state index in [1.54, 1.807) is 37.8 Å². The van der Waals surface area contributed by atoms with Crippen molar-refractivity contribution in [2.24, 2.45) is 0 Å². The van der Waals surface area contributed by atoms with E-state index in [0.717, 1.165) is 0 Å². The highest BCUT2D eigenvalue weighted by Gasteiger charge is 2.33. The SMILES string of the molecule is COc1ccc(CN2CCNC(=O)[C@H]2CC(=O)N(C)Cc2cnccn2)c(F)c1. The minimum atomic E-state index is -0.665. The van der Waals surface area contributed by atoms with Crippen molar-refractivity contribution in [3.63, 3.8) is 0 Å². The molecule has 0 saturated carbocycles. The molecule has 9 heteroatoms. The maximum atomic E-state index is 14.4. The van der Waals surface area contributed by atoms with Crippen LogP contribution in [0.5, 0.6) is 5.75 Å². The van der Waals surface area contributed by atoms with Crippen molar-refractivity contribution in [2.45, 2.75) is 25.6 Å². The summed E-state index contributed by atoms with van der Waals surface area (Å²) in [6, 6.07) is 3.97. The number of carbonyl (C=O) groups is 2. The Kier molecular flexibility index (Phi) is 6.71. The summed E-state index contributed by atoms with van der Waals surface area (Å²) in [5.74, 6) is -0.399. The van der Waals surface area contributed by atoms with Gasteiger partial charge in [0.1, 0.15) is 11.6 Å². The molecule has 2 aromatic rings. The molecule has 2 amide bonds. The number of hydrogen-bond acceptors (Lipinski definition) is 6. The van der Waals surface area contributed by atoms with E-state index in [2.05, 4.69) is 15.3 Å². The molecule has 29 heavy (non-hydrogen) atoms. The maximum absolute atomic E-state index is 14.4. The normalized spacial score (nSPS) is 16.9. The van der Waals surface area contributed by atoms with Crippen LogP contribution in [0.4, 0.5) is 4.39 Å². The summed E-state index contributed by atoms with van der Waals surface area (Å²) >= 11 is 0. The number of ether oxygens (including phenoxy) is 1. The zero-order valence-electron chi connectivity index (χ0n) is 16.5. The molecule has 3 rings (SSSR count). The number of nitrogens with one attached hydrogen (secondary N) is 1. The minimum Gasteiger partial charge on any atom is -0.497 e. The number of carbonyl (C=O) groups excluding carboxylic acids is 2. The smallest absolute Gasteiger partial charge is 0.237 e. The monoisotopic (exact) mass is 401 g/mol. The van der Waals surface area contributed by atoms with Gasteiger partial charge in [-0.15, -0.1) is 0 Å². The maximum Gasteiger partial charge on any atom is 0.237 e. The Morgan fingerprint density at radius 2 is 2.24 bits per heavy atom. The highest BCUT2D eigenvalue weighted by molar-refractivity contribution is 5.88. The van der Waals surface area contributed by atoms with Crippen molar-refractivity contribution >= 4 is 11.8 Å². The lowest BCUT2D eigenvalue weighted by Crippen LogP contribution is -2.56. The van der Waals surface area contributed by atoms with Crippen LogP contribution in [0.1, 0.15) is 17.7 Å². The van der Waals surface area contributed by atoms with E-state index >= 15 is 0 Å². The van der Waals surface area contributed by atoms with Gasteiger partial charge in [-0.2, -0.15) is 0 Å². The zero-order valence-corrected chi connectivity index (χ0v) is 16.5. The molecule has 1 aromatic carbocycles. The molecule has 1 aliphatic rings. The van der Waals surface area contributed by atoms with Gasteiger partial charge in [-0.3, -0.25) is 24.5 Å². The van der Waals surface area contributed by atoms with E-state index in [0.29, 0.717) is 36.6 Å². The molecular weight excluding hydrogens is 377 g/mol. The number of aromatic nitrogens is 2. The van der Waals surface area contributed by atoms with Gasteiger partial charge in [0.05, 0.1) is 38.0 Å². The molecule has 1 aliphatic heterocycles. The molecule has 0 radical (unpaired) electrons. The second kappa shape index (κ2) is 9.42. The molecule has 0 bridgehead atoms. The summed E-state index contributed by atoms with van der Waals surface area (Å²) in [5, 5.41) is 2.79. The fourth-order valence-electron chi connectivity index (χ4n) is 3.24. The predicted octanol–water partition coefficient (Wildman–Crippen LogP) is 0.973. The third-order valence-electron chi connectivity index (χ3n) is 4.88. The van der Waals surface area contributed by atoms with Crippen LogP contribution in [0.25, 0.3) is 0 Å². The van der Waals surface area contributed by atoms with Gasteiger partial charge in [0.25, 0.3) is 0 Å². The summed E-state index contributed by atoms with van der Waals surface area (Å²) in [5.41, 5.74) is 1.11. The second-order valence-corrected chi connectivity index (χ2v) is 6.89. The average Bonchev–Trinajstić information content (AvgIpc) is 2.72. The van der Waals surface area contributed by atoms with E-state index in [1.165, 1.54) is 18.1 Å². The van der Waals surface area contributed by atoms with Gasteiger partial charge in [-0.1, -0.05) is 6.07 Å². The van der Waals surface area contributed by atoms with E-state index in [9.17, 15) is 14.0 Å². The fourth-order valence-corrected chi connectivity index (χ4v) is 3.24. The molecule has 1 atom stereocenters. The lowest BCUT2D eigenvalue weighted by atomic mass is 10.1. The molecule has 0 aliphatic carbocycles. The molecule has 1 N–H and O–H groups in total. The van der Waals surface area contributed by atoms with Crippen LogP contribution in [0, 0.1) is 5.82 Å². The van der Waals surface area contributed by atoms with Gasteiger partial charge in [0.2, 0.25) is 11.8 Å². The van der Waals surface area contributed by atoms with Gasteiger partial charge >= 0.3 is 0 Å². The molecule has 8 nitrogen and oxygen atoms in total. The van der Waals surface area contributed by atoms with Gasteiger partial charge in [-0.25, -0.2) is 4.39 Å². The number of nitrogens with zero attached hydrogens (tertiary/aromatic N) is 4. The summed E-state index contributed by atoms with van der Waals surface area (Å²) in [6.45, 7) is 1.52. The highest BCUT2D eigenvalue weighted by atomic mass is 19.1. The van der Waals surface area contributed by atoms with Crippen LogP contribution in [0.15, 0.2) is 36.8 Å². The number of amides is 2. The molecule has 2 heterocycles. The number of rotatable bonds is 7. The average molecular weight is 401 g/mol. The highest BCUT2D eigenvalue weighted by Crippen LogP contribution is 2.20. The van der Waals surface area contributed by atoms with E-state index in [4.69, 9.17) is 4.74 Å². The van der Waals surface area contributed by atoms with Gasteiger partial charge in [0, 0.05) is 50.7 Å². The number of piperazine rings is 1. The number of benzene rings is 1. The van der Waals surface area contributed by atoms with Crippen LogP contribution in [0.3, 0.4) is 0 Å². The number of halogens is 1. The first-order valence-electron chi connectivity index (χ1n) is 9.31. The Hall–Kier alpha value is -3.07. The first-order chi connectivity index (χ1) is 14.0. The van der Waals surface area contributed by atoms with Crippen LogP contribution in [-0.4, -0.2) is 64.9 Å². The molecule has 1 aromatic heterocycles. The molecule has 154 valence electrons. The van der Waals surface area contributed by atoms with Crippen molar-refractivity contribution in [3.05, 3.63) is 53.9 Å². The van der Waals surface area contributed by atoms with E-state index in [-0.39, 0.29) is 24.8 Å². The number of hydrogen-bond donors (Lipinski definition) is 1. The van der Waals surface area contributed by atoms with E-state index in [1.807, 2.05) is 4.90 Å². The van der Waals surface area contributed by atoms with Crippen molar-refractivity contribution < 1.29 is 18.7 Å². The lowest BCUT2D eigenvalue weighted by Gasteiger charge is -2.35. The van der Waals surface area contributed by atoms with Crippen LogP contribution >= 0.6 is 0 Å². The third-order valence-corrected chi connectivity index (χ3v) is 4.88. The standard InChI is InChI=1S/C20H24FN5O3/c1-25(13-15-11-22-5-6-23-15)19(27)10-18-20(28)24-7-8-26(18)12-14-3-4-16(29-2)9-17(14)21/h3-6,9,11,18H,7-8,10,12-13H2,1-2H3,(H,24,28)/t18-/m1/s1. The fraction of sp³-hybridized carbons (Fsp3) is 0.400.